The molecule has 2 atom stereocenters. The molecule has 0 aliphatic carbocycles. The molecule has 1 aromatic carbocycles. The number of carbonyl (C=O) groups excluding carboxylic acids is 1. The van der Waals surface area contributed by atoms with Crippen molar-refractivity contribution < 1.29 is 19.7 Å². The van der Waals surface area contributed by atoms with E-state index in [1.165, 1.54) is 0 Å². The average Bonchev–Trinajstić information content (AvgIpc) is 2.28. The first-order chi connectivity index (χ1) is 8.04. The number of aliphatic hydroxyl groups excluding tert-OH is 2. The number of hydrogen-bond donors (Lipinski definition) is 2. The van der Waals surface area contributed by atoms with E-state index in [0.717, 1.165) is 5.56 Å². The monoisotopic (exact) mass is 238 g/mol. The maximum absolute atomic E-state index is 11.4. The second-order valence-corrected chi connectivity index (χ2v) is 3.95. The Bertz CT molecular complexity index is 373. The Morgan fingerprint density at radius 3 is 2.71 bits per heavy atom. The van der Waals surface area contributed by atoms with Gasteiger partial charge >= 0.3 is 5.97 Å². The van der Waals surface area contributed by atoms with Crippen LogP contribution in [0.15, 0.2) is 24.3 Å². The third kappa shape index (κ3) is 4.17. The van der Waals surface area contributed by atoms with Crippen molar-refractivity contribution in [2.24, 2.45) is 0 Å². The van der Waals surface area contributed by atoms with Crippen molar-refractivity contribution in [3.8, 4) is 0 Å². The van der Waals surface area contributed by atoms with Crippen molar-refractivity contribution in [2.75, 3.05) is 6.61 Å². The van der Waals surface area contributed by atoms with Crippen molar-refractivity contribution in [2.45, 2.75) is 32.5 Å². The van der Waals surface area contributed by atoms with Crippen LogP contribution < -0.4 is 0 Å². The highest BCUT2D eigenvalue weighted by atomic mass is 16.5. The Morgan fingerprint density at radius 1 is 1.41 bits per heavy atom. The van der Waals surface area contributed by atoms with Gasteiger partial charge in [-0.05, 0) is 31.4 Å². The minimum Gasteiger partial charge on any atom is -0.464 e. The van der Waals surface area contributed by atoms with E-state index < -0.39 is 18.2 Å². The van der Waals surface area contributed by atoms with Crippen LogP contribution in [0.25, 0.3) is 0 Å². The van der Waals surface area contributed by atoms with Gasteiger partial charge in [0.05, 0.1) is 12.7 Å². The summed E-state index contributed by atoms with van der Waals surface area (Å²) < 4.78 is 4.74. The van der Waals surface area contributed by atoms with Gasteiger partial charge in [0.2, 0.25) is 0 Å². The molecule has 0 aromatic heterocycles. The van der Waals surface area contributed by atoms with Gasteiger partial charge in [0, 0.05) is 0 Å². The van der Waals surface area contributed by atoms with E-state index in [9.17, 15) is 15.0 Å². The SMILES string of the molecule is CCOC(=O)C(O)c1cccc(CC(C)O)c1. The molecule has 0 saturated carbocycles. The normalized spacial score (nSPS) is 14.1. The van der Waals surface area contributed by atoms with Crippen LogP contribution in [0, 0.1) is 0 Å². The van der Waals surface area contributed by atoms with E-state index in [0.29, 0.717) is 12.0 Å². The molecule has 0 spiro atoms. The van der Waals surface area contributed by atoms with Gasteiger partial charge in [-0.1, -0.05) is 24.3 Å². The lowest BCUT2D eigenvalue weighted by Gasteiger charge is -2.11. The fourth-order valence-electron chi connectivity index (χ4n) is 1.59. The zero-order valence-corrected chi connectivity index (χ0v) is 10.1. The number of esters is 1. The van der Waals surface area contributed by atoms with Gasteiger partial charge < -0.3 is 14.9 Å². The molecule has 0 heterocycles. The van der Waals surface area contributed by atoms with Crippen LogP contribution in [0.2, 0.25) is 0 Å². The zero-order chi connectivity index (χ0) is 12.8. The predicted molar refractivity (Wildman–Crippen MR) is 63.4 cm³/mol. The lowest BCUT2D eigenvalue weighted by atomic mass is 10.0. The highest BCUT2D eigenvalue weighted by Gasteiger charge is 2.18. The van der Waals surface area contributed by atoms with Crippen molar-refractivity contribution in [1.29, 1.82) is 0 Å². The summed E-state index contributed by atoms with van der Waals surface area (Å²) in [5.74, 6) is -0.651. The minimum atomic E-state index is -1.26. The molecule has 0 bridgehead atoms. The molecule has 2 N–H and O–H groups in total. The summed E-state index contributed by atoms with van der Waals surface area (Å²) in [6.45, 7) is 3.62. The highest BCUT2D eigenvalue weighted by Crippen LogP contribution is 2.17. The fraction of sp³-hybridized carbons (Fsp3) is 0.462. The summed E-state index contributed by atoms with van der Waals surface area (Å²) in [4.78, 5) is 11.4. The maximum Gasteiger partial charge on any atom is 0.339 e. The number of rotatable bonds is 5. The third-order valence-corrected chi connectivity index (χ3v) is 2.31. The molecule has 0 aliphatic heterocycles. The second-order valence-electron chi connectivity index (χ2n) is 3.95. The second kappa shape index (κ2) is 6.37. The van der Waals surface area contributed by atoms with Gasteiger partial charge in [-0.2, -0.15) is 0 Å². The van der Waals surface area contributed by atoms with Crippen molar-refractivity contribution >= 4 is 5.97 Å². The Hall–Kier alpha value is -1.39. The Morgan fingerprint density at radius 2 is 2.12 bits per heavy atom. The molecule has 0 saturated heterocycles. The first kappa shape index (κ1) is 13.7. The molecule has 1 rings (SSSR count). The molecular formula is C13H18O4. The highest BCUT2D eigenvalue weighted by molar-refractivity contribution is 5.76. The molecule has 0 aliphatic rings. The number of benzene rings is 1. The molecule has 0 radical (unpaired) electrons. The van der Waals surface area contributed by atoms with Crippen LogP contribution in [-0.4, -0.2) is 28.9 Å². The predicted octanol–water partition coefficient (Wildman–Crippen LogP) is 1.21. The van der Waals surface area contributed by atoms with E-state index in [1.807, 2.05) is 6.07 Å². The number of carbonyl (C=O) groups is 1. The van der Waals surface area contributed by atoms with Gasteiger partial charge in [0.1, 0.15) is 0 Å². The summed E-state index contributed by atoms with van der Waals surface area (Å²) in [6.07, 6.45) is -1.22. The smallest absolute Gasteiger partial charge is 0.339 e. The van der Waals surface area contributed by atoms with Gasteiger partial charge in [0.25, 0.3) is 0 Å². The van der Waals surface area contributed by atoms with E-state index in [2.05, 4.69) is 0 Å². The lowest BCUT2D eigenvalue weighted by Crippen LogP contribution is -2.15. The van der Waals surface area contributed by atoms with Crippen molar-refractivity contribution in [3.63, 3.8) is 0 Å². The zero-order valence-electron chi connectivity index (χ0n) is 10.1. The quantitative estimate of drug-likeness (QED) is 0.757. The minimum absolute atomic E-state index is 0.239. The van der Waals surface area contributed by atoms with Crippen molar-refractivity contribution in [3.05, 3.63) is 35.4 Å². The summed E-state index contributed by atoms with van der Waals surface area (Å²) in [5, 5.41) is 19.0. The van der Waals surface area contributed by atoms with E-state index in [-0.39, 0.29) is 6.61 Å². The van der Waals surface area contributed by atoms with Gasteiger partial charge in [-0.15, -0.1) is 0 Å². The van der Waals surface area contributed by atoms with E-state index in [1.54, 1.807) is 32.0 Å². The first-order valence-electron chi connectivity index (χ1n) is 5.66. The summed E-state index contributed by atoms with van der Waals surface area (Å²) >= 11 is 0. The molecule has 0 amide bonds. The molecule has 17 heavy (non-hydrogen) atoms. The molecule has 4 heteroatoms. The lowest BCUT2D eigenvalue weighted by molar-refractivity contribution is -0.153. The largest absolute Gasteiger partial charge is 0.464 e. The topological polar surface area (TPSA) is 66.8 Å². The Kier molecular flexibility index (Phi) is 5.12. The van der Waals surface area contributed by atoms with Gasteiger partial charge in [-0.3, -0.25) is 0 Å². The van der Waals surface area contributed by atoms with Crippen LogP contribution in [-0.2, 0) is 16.0 Å². The molecule has 2 unspecified atom stereocenters. The number of ether oxygens (including phenoxy) is 1. The van der Waals surface area contributed by atoms with Crippen LogP contribution >= 0.6 is 0 Å². The van der Waals surface area contributed by atoms with Crippen LogP contribution in [0.3, 0.4) is 0 Å². The van der Waals surface area contributed by atoms with Crippen LogP contribution in [0.4, 0.5) is 0 Å². The molecule has 94 valence electrons. The first-order valence-corrected chi connectivity index (χ1v) is 5.66. The van der Waals surface area contributed by atoms with Crippen molar-refractivity contribution in [1.82, 2.24) is 0 Å². The Labute approximate surface area is 101 Å². The number of hydrogen-bond acceptors (Lipinski definition) is 4. The van der Waals surface area contributed by atoms with Crippen LogP contribution in [0.1, 0.15) is 31.1 Å². The molecule has 0 fully saturated rings. The fourth-order valence-corrected chi connectivity index (χ4v) is 1.59. The summed E-state index contributed by atoms with van der Waals surface area (Å²) in [6, 6.07) is 6.95. The number of aliphatic hydroxyl groups is 2. The van der Waals surface area contributed by atoms with E-state index >= 15 is 0 Å². The van der Waals surface area contributed by atoms with Gasteiger partial charge in [0.15, 0.2) is 6.10 Å². The average molecular weight is 238 g/mol. The Balaban J connectivity index is 2.80. The summed E-state index contributed by atoms with van der Waals surface area (Å²) in [7, 11) is 0. The molecule has 4 nitrogen and oxygen atoms in total. The standard InChI is InChI=1S/C13H18O4/c1-3-17-13(16)12(15)11-6-4-5-10(8-11)7-9(2)14/h4-6,8-9,12,14-15H,3,7H2,1-2H3. The maximum atomic E-state index is 11.4. The summed E-state index contributed by atoms with van der Waals surface area (Å²) in [5.41, 5.74) is 1.36. The van der Waals surface area contributed by atoms with Crippen LogP contribution in [0.5, 0.6) is 0 Å². The van der Waals surface area contributed by atoms with Gasteiger partial charge in [-0.25, -0.2) is 4.79 Å². The molecular weight excluding hydrogens is 220 g/mol. The third-order valence-electron chi connectivity index (χ3n) is 2.31. The van der Waals surface area contributed by atoms with E-state index in [4.69, 9.17) is 4.74 Å². The molecule has 1 aromatic rings.